The fraction of sp³-hybridized carbons (Fsp3) is 0.500. The average Bonchev–Trinajstić information content (AvgIpc) is 2.01. The lowest BCUT2D eigenvalue weighted by molar-refractivity contribution is 0.395. The summed E-state index contributed by atoms with van der Waals surface area (Å²) in [4.78, 5) is 4.01. The first-order chi connectivity index (χ1) is 5.93. The quantitative estimate of drug-likeness (QED) is 0.649. The topological polar surface area (TPSA) is 22.1 Å². The highest BCUT2D eigenvalue weighted by molar-refractivity contribution is 6.29. The standard InChI is InChI=1S/C10H14ClNO/c1-10(2,3)7-5-8(11)12-9(6-7)13-4/h5-6H,1-4H3. The van der Waals surface area contributed by atoms with E-state index < -0.39 is 0 Å². The molecule has 0 spiro atoms. The first kappa shape index (κ1) is 10.3. The minimum atomic E-state index is 0.0693. The van der Waals surface area contributed by atoms with Crippen molar-refractivity contribution < 1.29 is 4.74 Å². The highest BCUT2D eigenvalue weighted by Crippen LogP contribution is 2.26. The van der Waals surface area contributed by atoms with Crippen LogP contribution in [-0.2, 0) is 5.41 Å². The molecule has 1 aromatic rings. The molecule has 1 aromatic heterocycles. The van der Waals surface area contributed by atoms with E-state index in [2.05, 4.69) is 25.8 Å². The maximum Gasteiger partial charge on any atom is 0.214 e. The second-order valence-electron chi connectivity index (χ2n) is 3.97. The summed E-state index contributed by atoms with van der Waals surface area (Å²) in [5.74, 6) is 0.567. The van der Waals surface area contributed by atoms with Crippen LogP contribution < -0.4 is 4.74 Å². The number of hydrogen-bond donors (Lipinski definition) is 0. The van der Waals surface area contributed by atoms with Crippen LogP contribution in [0.4, 0.5) is 0 Å². The summed E-state index contributed by atoms with van der Waals surface area (Å²) in [6.45, 7) is 6.37. The summed E-state index contributed by atoms with van der Waals surface area (Å²) >= 11 is 5.84. The van der Waals surface area contributed by atoms with Gasteiger partial charge in [0.2, 0.25) is 5.88 Å². The lowest BCUT2D eigenvalue weighted by Crippen LogP contribution is -2.11. The number of nitrogens with zero attached hydrogens (tertiary/aromatic N) is 1. The Bertz CT molecular complexity index is 304. The van der Waals surface area contributed by atoms with Gasteiger partial charge in [-0.1, -0.05) is 32.4 Å². The van der Waals surface area contributed by atoms with Gasteiger partial charge < -0.3 is 4.74 Å². The second kappa shape index (κ2) is 3.54. The molecule has 0 unspecified atom stereocenters. The number of hydrogen-bond acceptors (Lipinski definition) is 2. The van der Waals surface area contributed by atoms with Gasteiger partial charge in [-0.3, -0.25) is 0 Å². The van der Waals surface area contributed by atoms with E-state index in [9.17, 15) is 0 Å². The van der Waals surface area contributed by atoms with E-state index >= 15 is 0 Å². The van der Waals surface area contributed by atoms with Crippen molar-refractivity contribution in [1.82, 2.24) is 4.98 Å². The van der Waals surface area contributed by atoms with Gasteiger partial charge in [-0.25, -0.2) is 4.98 Å². The van der Waals surface area contributed by atoms with Crippen LogP contribution in [-0.4, -0.2) is 12.1 Å². The Morgan fingerprint density at radius 1 is 1.31 bits per heavy atom. The zero-order chi connectivity index (χ0) is 10.1. The molecule has 0 amide bonds. The third-order valence-corrected chi connectivity index (χ3v) is 2.04. The van der Waals surface area contributed by atoms with E-state index in [1.54, 1.807) is 7.11 Å². The predicted octanol–water partition coefficient (Wildman–Crippen LogP) is 3.04. The van der Waals surface area contributed by atoms with Crippen molar-refractivity contribution in [2.45, 2.75) is 26.2 Å². The summed E-state index contributed by atoms with van der Waals surface area (Å²) in [5.41, 5.74) is 1.20. The summed E-state index contributed by atoms with van der Waals surface area (Å²) in [7, 11) is 1.59. The van der Waals surface area contributed by atoms with E-state index in [-0.39, 0.29) is 5.41 Å². The predicted molar refractivity (Wildman–Crippen MR) is 54.5 cm³/mol. The maximum atomic E-state index is 5.84. The molecule has 0 bridgehead atoms. The van der Waals surface area contributed by atoms with Crippen molar-refractivity contribution in [2.24, 2.45) is 0 Å². The molecule has 0 aliphatic carbocycles. The first-order valence-electron chi connectivity index (χ1n) is 4.15. The largest absolute Gasteiger partial charge is 0.481 e. The first-order valence-corrected chi connectivity index (χ1v) is 4.53. The monoisotopic (exact) mass is 199 g/mol. The van der Waals surface area contributed by atoms with Crippen LogP contribution >= 0.6 is 11.6 Å². The molecule has 3 heteroatoms. The normalized spacial score (nSPS) is 11.5. The SMILES string of the molecule is COc1cc(C(C)(C)C)cc(Cl)n1. The molecule has 0 aliphatic heterocycles. The molecule has 0 saturated heterocycles. The van der Waals surface area contributed by atoms with E-state index in [1.807, 2.05) is 12.1 Å². The Morgan fingerprint density at radius 2 is 1.92 bits per heavy atom. The highest BCUT2D eigenvalue weighted by Gasteiger charge is 2.15. The molecule has 0 radical (unpaired) electrons. The van der Waals surface area contributed by atoms with Gasteiger partial charge in [-0.15, -0.1) is 0 Å². The summed E-state index contributed by atoms with van der Waals surface area (Å²) in [6.07, 6.45) is 0. The molecular formula is C10H14ClNO. The van der Waals surface area contributed by atoms with Gasteiger partial charge in [0.05, 0.1) is 7.11 Å². The molecule has 0 N–H and O–H groups in total. The van der Waals surface area contributed by atoms with Gasteiger partial charge in [0, 0.05) is 6.07 Å². The van der Waals surface area contributed by atoms with Crippen molar-refractivity contribution in [1.29, 1.82) is 0 Å². The smallest absolute Gasteiger partial charge is 0.214 e. The van der Waals surface area contributed by atoms with Crippen LogP contribution in [0.2, 0.25) is 5.15 Å². The minimum absolute atomic E-state index is 0.0693. The molecule has 0 saturated carbocycles. The Hall–Kier alpha value is -0.760. The van der Waals surface area contributed by atoms with Crippen molar-refractivity contribution in [3.63, 3.8) is 0 Å². The second-order valence-corrected chi connectivity index (χ2v) is 4.36. The maximum absolute atomic E-state index is 5.84. The number of ether oxygens (including phenoxy) is 1. The molecule has 0 fully saturated rings. The fourth-order valence-corrected chi connectivity index (χ4v) is 1.21. The third kappa shape index (κ3) is 2.59. The molecule has 0 atom stereocenters. The summed E-state index contributed by atoms with van der Waals surface area (Å²) < 4.78 is 5.04. The minimum Gasteiger partial charge on any atom is -0.481 e. The third-order valence-electron chi connectivity index (χ3n) is 1.85. The lowest BCUT2D eigenvalue weighted by Gasteiger charge is -2.19. The van der Waals surface area contributed by atoms with Crippen LogP contribution in [0.3, 0.4) is 0 Å². The number of aromatic nitrogens is 1. The van der Waals surface area contributed by atoms with E-state index in [4.69, 9.17) is 16.3 Å². The molecule has 0 aromatic carbocycles. The summed E-state index contributed by atoms with van der Waals surface area (Å²) in [6, 6.07) is 3.77. The van der Waals surface area contributed by atoms with Crippen LogP contribution in [0.15, 0.2) is 12.1 Å². The average molecular weight is 200 g/mol. The number of halogens is 1. The van der Waals surface area contributed by atoms with E-state index in [0.717, 1.165) is 5.56 Å². The Balaban J connectivity index is 3.16. The van der Waals surface area contributed by atoms with E-state index in [0.29, 0.717) is 11.0 Å². The molecule has 1 rings (SSSR count). The Kier molecular flexibility index (Phi) is 2.81. The number of rotatable bonds is 1. The fourth-order valence-electron chi connectivity index (χ4n) is 1.01. The van der Waals surface area contributed by atoms with Crippen molar-refractivity contribution in [2.75, 3.05) is 7.11 Å². The van der Waals surface area contributed by atoms with Gasteiger partial charge in [0.15, 0.2) is 0 Å². The van der Waals surface area contributed by atoms with Gasteiger partial charge >= 0.3 is 0 Å². The van der Waals surface area contributed by atoms with E-state index in [1.165, 1.54) is 0 Å². The van der Waals surface area contributed by atoms with Gasteiger partial charge in [0.1, 0.15) is 5.15 Å². The van der Waals surface area contributed by atoms with Crippen LogP contribution in [0.5, 0.6) is 5.88 Å². The van der Waals surface area contributed by atoms with Gasteiger partial charge in [-0.05, 0) is 17.0 Å². The highest BCUT2D eigenvalue weighted by atomic mass is 35.5. The van der Waals surface area contributed by atoms with Crippen LogP contribution in [0.25, 0.3) is 0 Å². The zero-order valence-corrected chi connectivity index (χ0v) is 9.14. The van der Waals surface area contributed by atoms with Gasteiger partial charge in [-0.2, -0.15) is 0 Å². The lowest BCUT2D eigenvalue weighted by atomic mass is 9.88. The molecular weight excluding hydrogens is 186 g/mol. The molecule has 0 aliphatic rings. The van der Waals surface area contributed by atoms with Gasteiger partial charge in [0.25, 0.3) is 0 Å². The Morgan fingerprint density at radius 3 is 2.38 bits per heavy atom. The van der Waals surface area contributed by atoms with Crippen LogP contribution in [0, 0.1) is 0 Å². The molecule has 13 heavy (non-hydrogen) atoms. The summed E-state index contributed by atoms with van der Waals surface area (Å²) in [5, 5.41) is 0.476. The van der Waals surface area contributed by atoms with Crippen molar-refractivity contribution in [3.05, 3.63) is 22.8 Å². The van der Waals surface area contributed by atoms with Crippen molar-refractivity contribution in [3.8, 4) is 5.88 Å². The van der Waals surface area contributed by atoms with Crippen molar-refractivity contribution >= 4 is 11.6 Å². The molecule has 2 nitrogen and oxygen atoms in total. The molecule has 1 heterocycles. The number of pyridine rings is 1. The number of methoxy groups -OCH3 is 1. The molecule has 72 valence electrons. The Labute approximate surface area is 83.9 Å². The zero-order valence-electron chi connectivity index (χ0n) is 8.39. The van der Waals surface area contributed by atoms with Crippen LogP contribution in [0.1, 0.15) is 26.3 Å².